The van der Waals surface area contributed by atoms with E-state index in [-0.39, 0.29) is 6.23 Å². The number of carbonyl (C=O) groups is 1. The number of aromatic nitrogens is 3. The van der Waals surface area contributed by atoms with E-state index in [4.69, 9.17) is 24.3 Å². The predicted octanol–water partition coefficient (Wildman–Crippen LogP) is 7.14. The van der Waals surface area contributed by atoms with Crippen LogP contribution < -0.4 is 10.1 Å². The summed E-state index contributed by atoms with van der Waals surface area (Å²) in [6.07, 6.45) is 6.25. The maximum absolute atomic E-state index is 12.4. The average molecular weight is 543 g/mol. The van der Waals surface area contributed by atoms with Gasteiger partial charge in [0, 0.05) is 18.4 Å². The van der Waals surface area contributed by atoms with Gasteiger partial charge in [0.1, 0.15) is 18.0 Å². The third-order valence-electron chi connectivity index (χ3n) is 6.96. The number of rotatable bonds is 7. The Morgan fingerprint density at radius 3 is 2.50 bits per heavy atom. The molecule has 1 saturated heterocycles. The number of benzene rings is 2. The fraction of sp³-hybridized carbons (Fsp3) is 0.406. The van der Waals surface area contributed by atoms with Crippen LogP contribution in [0.4, 0.5) is 4.79 Å². The molecule has 8 heteroatoms. The maximum Gasteiger partial charge on any atom is 0.408 e. The van der Waals surface area contributed by atoms with Crippen molar-refractivity contribution in [1.82, 2.24) is 20.1 Å². The topological polar surface area (TPSA) is 87.5 Å². The van der Waals surface area contributed by atoms with E-state index >= 15 is 0 Å². The molecule has 210 valence electrons. The standard InChI is InChI=1S/C32H38N4O4/c1-31(2,3)40-30(37)35-32(4,5)23-14-16-26(33-19-23)24-15-17-27-25(20-34-36(27)28-13-9-10-18-38-28)29(24)39-21-22-11-7-6-8-12-22/h6-8,11-12,14-17,19-20,28H,9-10,13,18,21H2,1-5H3,(H,35,37). The van der Waals surface area contributed by atoms with E-state index < -0.39 is 17.2 Å². The fourth-order valence-electron chi connectivity index (χ4n) is 4.88. The lowest BCUT2D eigenvalue weighted by atomic mass is 9.95. The van der Waals surface area contributed by atoms with Gasteiger partial charge in [0.15, 0.2) is 6.23 Å². The van der Waals surface area contributed by atoms with Crippen LogP contribution in [0.5, 0.6) is 5.75 Å². The molecule has 3 heterocycles. The van der Waals surface area contributed by atoms with Crippen molar-refractivity contribution in [2.24, 2.45) is 0 Å². The van der Waals surface area contributed by atoms with E-state index in [9.17, 15) is 4.79 Å². The lowest BCUT2D eigenvalue weighted by Crippen LogP contribution is -2.43. The third kappa shape index (κ3) is 6.28. The number of alkyl carbamates (subject to hydrolysis) is 1. The van der Waals surface area contributed by atoms with Crippen LogP contribution in [0.25, 0.3) is 22.2 Å². The van der Waals surface area contributed by atoms with Crippen molar-refractivity contribution < 1.29 is 19.0 Å². The number of pyridine rings is 1. The average Bonchev–Trinajstić information content (AvgIpc) is 3.36. The summed E-state index contributed by atoms with van der Waals surface area (Å²) in [6.45, 7) is 10.5. The highest BCUT2D eigenvalue weighted by atomic mass is 16.6. The van der Waals surface area contributed by atoms with Crippen LogP contribution in [-0.2, 0) is 21.6 Å². The lowest BCUT2D eigenvalue weighted by Gasteiger charge is -2.29. The first-order chi connectivity index (χ1) is 19.1. The van der Waals surface area contributed by atoms with Crippen molar-refractivity contribution in [2.45, 2.75) is 77.9 Å². The highest BCUT2D eigenvalue weighted by molar-refractivity contribution is 5.92. The summed E-state index contributed by atoms with van der Waals surface area (Å²) >= 11 is 0. The summed E-state index contributed by atoms with van der Waals surface area (Å²) in [7, 11) is 0. The van der Waals surface area contributed by atoms with Crippen molar-refractivity contribution in [1.29, 1.82) is 0 Å². The van der Waals surface area contributed by atoms with Gasteiger partial charge in [-0.05, 0) is 83.2 Å². The van der Waals surface area contributed by atoms with Crippen LogP contribution in [-0.4, -0.2) is 33.1 Å². The number of hydrogen-bond acceptors (Lipinski definition) is 6. The van der Waals surface area contributed by atoms with Gasteiger partial charge in [-0.2, -0.15) is 5.10 Å². The van der Waals surface area contributed by atoms with Crippen LogP contribution in [0.1, 0.15) is 71.2 Å². The van der Waals surface area contributed by atoms with Crippen LogP contribution in [0.3, 0.4) is 0 Å². The molecule has 1 aliphatic rings. The fourth-order valence-corrected chi connectivity index (χ4v) is 4.88. The maximum atomic E-state index is 12.4. The minimum atomic E-state index is -0.675. The van der Waals surface area contributed by atoms with E-state index in [1.165, 1.54) is 0 Å². The molecule has 1 amide bonds. The smallest absolute Gasteiger partial charge is 0.408 e. The van der Waals surface area contributed by atoms with Crippen LogP contribution >= 0.6 is 0 Å². The first kappa shape index (κ1) is 27.6. The summed E-state index contributed by atoms with van der Waals surface area (Å²) in [5, 5.41) is 8.57. The van der Waals surface area contributed by atoms with Gasteiger partial charge in [0.2, 0.25) is 0 Å². The van der Waals surface area contributed by atoms with Crippen molar-refractivity contribution in [2.75, 3.05) is 6.61 Å². The summed E-state index contributed by atoms with van der Waals surface area (Å²) in [6, 6.07) is 18.1. The molecule has 0 saturated carbocycles. The molecule has 5 rings (SSSR count). The van der Waals surface area contributed by atoms with Gasteiger partial charge in [0.25, 0.3) is 0 Å². The monoisotopic (exact) mass is 542 g/mol. The molecule has 4 aromatic rings. The SMILES string of the molecule is CC(C)(C)OC(=O)NC(C)(C)c1ccc(-c2ccc3c(cnn3C3CCCCO3)c2OCc2ccccc2)nc1. The van der Waals surface area contributed by atoms with E-state index in [1.807, 2.05) is 94.0 Å². The van der Waals surface area contributed by atoms with Crippen LogP contribution in [0.2, 0.25) is 0 Å². The normalized spacial score (nSPS) is 16.1. The number of hydrogen-bond donors (Lipinski definition) is 1. The molecule has 2 aromatic carbocycles. The quantitative estimate of drug-likeness (QED) is 0.267. The molecular weight excluding hydrogens is 504 g/mol. The Kier molecular flexibility index (Phi) is 7.81. The molecule has 40 heavy (non-hydrogen) atoms. The predicted molar refractivity (Wildman–Crippen MR) is 155 cm³/mol. The summed E-state index contributed by atoms with van der Waals surface area (Å²) in [5.41, 5.74) is 3.29. The van der Waals surface area contributed by atoms with E-state index in [0.29, 0.717) is 6.61 Å². The Morgan fingerprint density at radius 1 is 1.02 bits per heavy atom. The van der Waals surface area contributed by atoms with Crippen molar-refractivity contribution in [3.05, 3.63) is 78.1 Å². The van der Waals surface area contributed by atoms with Gasteiger partial charge < -0.3 is 19.5 Å². The second kappa shape index (κ2) is 11.3. The van der Waals surface area contributed by atoms with Gasteiger partial charge in [0.05, 0.1) is 28.3 Å². The van der Waals surface area contributed by atoms with Gasteiger partial charge in [-0.3, -0.25) is 4.98 Å². The molecule has 0 radical (unpaired) electrons. The Hall–Kier alpha value is -3.91. The summed E-state index contributed by atoms with van der Waals surface area (Å²) in [5.74, 6) is 0.731. The minimum Gasteiger partial charge on any atom is -0.487 e. The molecule has 1 fully saturated rings. The van der Waals surface area contributed by atoms with Crippen molar-refractivity contribution in [3.63, 3.8) is 0 Å². The molecule has 2 aromatic heterocycles. The Balaban J connectivity index is 1.47. The first-order valence-electron chi connectivity index (χ1n) is 13.9. The van der Waals surface area contributed by atoms with E-state index in [2.05, 4.69) is 11.4 Å². The molecule has 0 spiro atoms. The Morgan fingerprint density at radius 2 is 1.82 bits per heavy atom. The number of ether oxygens (including phenoxy) is 3. The van der Waals surface area contributed by atoms with Gasteiger partial charge >= 0.3 is 6.09 Å². The van der Waals surface area contributed by atoms with Crippen molar-refractivity contribution in [3.8, 4) is 17.0 Å². The number of nitrogens with one attached hydrogen (secondary N) is 1. The molecule has 1 unspecified atom stereocenters. The summed E-state index contributed by atoms with van der Waals surface area (Å²) in [4.78, 5) is 17.2. The molecule has 8 nitrogen and oxygen atoms in total. The zero-order chi connectivity index (χ0) is 28.3. The van der Waals surface area contributed by atoms with E-state index in [0.717, 1.165) is 64.9 Å². The zero-order valence-corrected chi connectivity index (χ0v) is 23.9. The minimum absolute atomic E-state index is 0.0730. The Labute approximate surface area is 235 Å². The zero-order valence-electron chi connectivity index (χ0n) is 23.9. The molecule has 1 aliphatic heterocycles. The largest absolute Gasteiger partial charge is 0.487 e. The van der Waals surface area contributed by atoms with Crippen LogP contribution in [0.15, 0.2) is 67.0 Å². The highest BCUT2D eigenvalue weighted by Gasteiger charge is 2.27. The summed E-state index contributed by atoms with van der Waals surface area (Å²) < 4.78 is 19.9. The second-order valence-electron chi connectivity index (χ2n) is 11.7. The number of nitrogens with zero attached hydrogens (tertiary/aromatic N) is 3. The molecule has 1 N–H and O–H groups in total. The number of fused-ring (bicyclic) bond motifs is 1. The third-order valence-corrected chi connectivity index (χ3v) is 6.96. The van der Waals surface area contributed by atoms with Gasteiger partial charge in [-0.15, -0.1) is 0 Å². The highest BCUT2D eigenvalue weighted by Crippen LogP contribution is 2.39. The number of carbonyl (C=O) groups excluding carboxylic acids is 1. The Bertz CT molecular complexity index is 1450. The number of amides is 1. The van der Waals surface area contributed by atoms with Crippen molar-refractivity contribution >= 4 is 17.0 Å². The van der Waals surface area contributed by atoms with E-state index in [1.54, 1.807) is 6.20 Å². The lowest BCUT2D eigenvalue weighted by molar-refractivity contribution is -0.0366. The molecule has 1 atom stereocenters. The second-order valence-corrected chi connectivity index (χ2v) is 11.7. The molecule has 0 aliphatic carbocycles. The molecular formula is C32H38N4O4. The first-order valence-corrected chi connectivity index (χ1v) is 13.9. The van der Waals surface area contributed by atoms with Gasteiger partial charge in [-0.1, -0.05) is 36.4 Å². The van der Waals surface area contributed by atoms with Crippen LogP contribution in [0, 0.1) is 0 Å². The molecule has 0 bridgehead atoms. The van der Waals surface area contributed by atoms with Gasteiger partial charge in [-0.25, -0.2) is 9.48 Å².